The van der Waals surface area contributed by atoms with Crippen LogP contribution in [0.5, 0.6) is 0 Å². The van der Waals surface area contributed by atoms with Gasteiger partial charge in [0.2, 0.25) is 0 Å². The molecule has 0 aromatic carbocycles. The van der Waals surface area contributed by atoms with E-state index in [1.54, 1.807) is 19.2 Å². The maximum atomic E-state index is 12.3. The summed E-state index contributed by atoms with van der Waals surface area (Å²) in [5, 5.41) is 4.59. The summed E-state index contributed by atoms with van der Waals surface area (Å²) in [6, 6.07) is 3.31. The highest BCUT2D eigenvalue weighted by Crippen LogP contribution is 2.17. The number of amides is 1. The van der Waals surface area contributed by atoms with Crippen molar-refractivity contribution in [1.29, 1.82) is 0 Å². The number of hydrazine groups is 1. The highest BCUT2D eigenvalue weighted by Gasteiger charge is 2.09. The first-order valence-corrected chi connectivity index (χ1v) is 11.0. The third-order valence-electron chi connectivity index (χ3n) is 4.11. The van der Waals surface area contributed by atoms with E-state index in [0.29, 0.717) is 81.5 Å². The Hall–Kier alpha value is -3.03. The maximum absolute atomic E-state index is 12.3. The largest absolute Gasteiger partial charge is 0.393 e. The van der Waals surface area contributed by atoms with Crippen LogP contribution in [0.1, 0.15) is 24.3 Å². The topological polar surface area (TPSA) is 167 Å². The third-order valence-corrected chi connectivity index (χ3v) is 4.11. The molecule has 0 bridgehead atoms. The fourth-order valence-corrected chi connectivity index (χ4v) is 2.53. The van der Waals surface area contributed by atoms with Gasteiger partial charge in [0.15, 0.2) is 6.29 Å². The van der Waals surface area contributed by atoms with Crippen molar-refractivity contribution < 1.29 is 28.5 Å². The van der Waals surface area contributed by atoms with Crippen molar-refractivity contribution >= 4 is 28.9 Å². The van der Waals surface area contributed by atoms with Gasteiger partial charge >= 0.3 is 0 Å². The number of carbonyl (C=O) groups is 2. The van der Waals surface area contributed by atoms with E-state index in [-0.39, 0.29) is 5.70 Å². The van der Waals surface area contributed by atoms with Crippen molar-refractivity contribution in [2.75, 3.05) is 65.2 Å². The molecule has 0 fully saturated rings. The van der Waals surface area contributed by atoms with E-state index in [0.717, 1.165) is 0 Å². The van der Waals surface area contributed by atoms with Gasteiger partial charge in [-0.2, -0.15) is 0 Å². The van der Waals surface area contributed by atoms with Crippen LogP contribution in [0.4, 0.5) is 5.69 Å². The van der Waals surface area contributed by atoms with Gasteiger partial charge in [-0.15, -0.1) is 0 Å². The fourth-order valence-electron chi connectivity index (χ4n) is 2.53. The molecule has 2 heterocycles. The number of nitrogens with two attached hydrogens (primary N) is 2. The molecule has 0 radical (unpaired) electrons. The Labute approximate surface area is 199 Å². The zero-order valence-corrected chi connectivity index (χ0v) is 20.0. The lowest BCUT2D eigenvalue weighted by Gasteiger charge is -2.15. The average Bonchev–Trinajstić information content (AvgIpc) is 3.26. The molecular weight excluding hydrogens is 444 g/mol. The number of carbonyl (C=O) groups excluding carboxylic acids is 2. The lowest BCUT2D eigenvalue weighted by Crippen LogP contribution is -2.32. The van der Waals surface area contributed by atoms with Gasteiger partial charge in [-0.05, 0) is 12.1 Å². The highest BCUT2D eigenvalue weighted by atomic mass is 16.6. The first-order valence-electron chi connectivity index (χ1n) is 11.0. The number of pyridine rings is 1. The Morgan fingerprint density at radius 2 is 1.71 bits per heavy atom. The number of rotatable bonds is 16. The number of aromatic nitrogens is 2. The van der Waals surface area contributed by atoms with Gasteiger partial charge in [-0.1, -0.05) is 13.8 Å². The molecule has 0 atom stereocenters. The molecule has 6 N–H and O–H groups in total. The Balaban J connectivity index is 0.00000281. The first kappa shape index (κ1) is 29.0. The number of aromatic amines is 1. The van der Waals surface area contributed by atoms with E-state index < -0.39 is 5.91 Å². The second-order valence-corrected chi connectivity index (χ2v) is 6.61. The number of H-pyrrole nitrogens is 1. The number of nitrogens with one attached hydrogen (secondary N) is 2. The summed E-state index contributed by atoms with van der Waals surface area (Å²) in [6.07, 6.45) is 3.47. The molecule has 0 unspecified atom stereocenters. The van der Waals surface area contributed by atoms with Crippen molar-refractivity contribution in [3.63, 3.8) is 0 Å². The first-order chi connectivity index (χ1) is 16.5. The number of aldehydes is 1. The summed E-state index contributed by atoms with van der Waals surface area (Å²) in [5.74, 6) is 5.30. The predicted molar refractivity (Wildman–Crippen MR) is 129 cm³/mol. The number of hydrogen-bond acceptors (Lipinski definition) is 10. The number of fused-ring (bicyclic) bond motifs is 1. The maximum Gasteiger partial charge on any atom is 0.273 e. The van der Waals surface area contributed by atoms with Gasteiger partial charge in [0.1, 0.15) is 11.3 Å². The summed E-state index contributed by atoms with van der Waals surface area (Å²) in [5.41, 5.74) is 7.11. The monoisotopic (exact) mass is 480 g/mol. The van der Waals surface area contributed by atoms with E-state index in [1.165, 1.54) is 17.4 Å². The number of nitrogens with zero attached hydrogens (tertiary/aromatic N) is 2. The number of methoxy groups -OCH3 is 1. The summed E-state index contributed by atoms with van der Waals surface area (Å²) >= 11 is 0. The van der Waals surface area contributed by atoms with E-state index in [1.807, 2.05) is 13.8 Å². The normalized spacial score (nSPS) is 11.1. The molecule has 12 nitrogen and oxygen atoms in total. The minimum absolute atomic E-state index is 0.0768. The molecule has 2 aromatic rings. The van der Waals surface area contributed by atoms with Crippen molar-refractivity contribution in [3.05, 3.63) is 35.9 Å². The second kappa shape index (κ2) is 17.4. The van der Waals surface area contributed by atoms with E-state index in [2.05, 4.69) is 15.3 Å². The highest BCUT2D eigenvalue weighted by molar-refractivity contribution is 6.03. The van der Waals surface area contributed by atoms with Crippen molar-refractivity contribution in [2.24, 2.45) is 11.6 Å². The summed E-state index contributed by atoms with van der Waals surface area (Å²) in [4.78, 5) is 30.1. The minimum atomic E-state index is -0.533. The van der Waals surface area contributed by atoms with Crippen LogP contribution in [0.15, 0.2) is 30.2 Å². The van der Waals surface area contributed by atoms with Gasteiger partial charge in [0.05, 0.1) is 70.4 Å². The molecule has 12 heteroatoms. The number of ether oxygens (including phenoxy) is 4. The van der Waals surface area contributed by atoms with Crippen molar-refractivity contribution in [2.45, 2.75) is 13.8 Å². The minimum Gasteiger partial charge on any atom is -0.393 e. The second-order valence-electron chi connectivity index (χ2n) is 6.61. The van der Waals surface area contributed by atoms with Crippen molar-refractivity contribution in [3.8, 4) is 0 Å². The molecule has 2 rings (SSSR count). The summed E-state index contributed by atoms with van der Waals surface area (Å²) < 4.78 is 20.9. The number of anilines is 1. The smallest absolute Gasteiger partial charge is 0.273 e. The summed E-state index contributed by atoms with van der Waals surface area (Å²) in [6.45, 7) is 7.60. The SMILES string of the molecule is CC.COCCOCCOCCOCCN(N)/C=C(\N)C(=O)Nc1cnc2[nH]c(C=O)cc2c1. The zero-order chi connectivity index (χ0) is 25.2. The van der Waals surface area contributed by atoms with Crippen LogP contribution in [-0.4, -0.2) is 87.1 Å². The van der Waals surface area contributed by atoms with Crippen molar-refractivity contribution in [1.82, 2.24) is 15.0 Å². The summed E-state index contributed by atoms with van der Waals surface area (Å²) in [7, 11) is 1.62. The molecule has 0 spiro atoms. The van der Waals surface area contributed by atoms with Crippen LogP contribution in [0.3, 0.4) is 0 Å². The van der Waals surface area contributed by atoms with Gasteiger partial charge in [-0.25, -0.2) is 10.8 Å². The Bertz CT molecular complexity index is 888. The molecule has 1 amide bonds. The van der Waals surface area contributed by atoms with Crippen LogP contribution < -0.4 is 16.9 Å². The van der Waals surface area contributed by atoms with Crippen LogP contribution >= 0.6 is 0 Å². The quantitative estimate of drug-likeness (QED) is 0.0895. The Morgan fingerprint density at radius 3 is 2.32 bits per heavy atom. The number of hydrogen-bond donors (Lipinski definition) is 4. The molecule has 34 heavy (non-hydrogen) atoms. The lowest BCUT2D eigenvalue weighted by molar-refractivity contribution is -0.113. The van der Waals surface area contributed by atoms with E-state index >= 15 is 0 Å². The molecule has 2 aromatic heterocycles. The fraction of sp³-hybridized carbons (Fsp3) is 0.500. The predicted octanol–water partition coefficient (Wildman–Crippen LogP) is 1.01. The van der Waals surface area contributed by atoms with Crippen LogP contribution in [0, 0.1) is 0 Å². The van der Waals surface area contributed by atoms with Gasteiger partial charge in [0.25, 0.3) is 5.91 Å². The standard InChI is InChI=1S/C20H30N6O6.C2H6/c1-29-4-5-31-8-9-32-7-6-30-3-2-26(22)13-18(21)20(28)25-16-10-15-11-17(14-27)24-19(15)23-12-16;1-2/h10-14H,2-9,21-22H2,1H3,(H,23,24)(H,25,28);1-2H3/b18-13-;. The van der Waals surface area contributed by atoms with Crippen LogP contribution in [0.2, 0.25) is 0 Å². The average molecular weight is 481 g/mol. The van der Waals surface area contributed by atoms with Crippen LogP contribution in [0.25, 0.3) is 11.0 Å². The van der Waals surface area contributed by atoms with Gasteiger partial charge in [-0.3, -0.25) is 9.59 Å². The molecule has 190 valence electrons. The molecule has 0 saturated carbocycles. The Kier molecular flexibility index (Phi) is 14.9. The Morgan fingerprint density at radius 1 is 1.09 bits per heavy atom. The van der Waals surface area contributed by atoms with E-state index in [4.69, 9.17) is 30.5 Å². The van der Waals surface area contributed by atoms with Crippen LogP contribution in [-0.2, 0) is 23.7 Å². The van der Waals surface area contributed by atoms with Gasteiger partial charge < -0.3 is 40.0 Å². The molecule has 0 saturated heterocycles. The molecular formula is C22H36N6O6. The zero-order valence-electron chi connectivity index (χ0n) is 20.0. The molecule has 0 aliphatic rings. The third kappa shape index (κ3) is 11.2. The lowest BCUT2D eigenvalue weighted by atomic mass is 10.3. The molecule has 0 aliphatic carbocycles. The molecule has 0 aliphatic heterocycles. The van der Waals surface area contributed by atoms with E-state index in [9.17, 15) is 9.59 Å². The van der Waals surface area contributed by atoms with Gasteiger partial charge in [0, 0.05) is 18.7 Å².